The molecule has 7 heteroatoms. The van der Waals surface area contributed by atoms with Crippen LogP contribution in [0.1, 0.15) is 26.7 Å². The second-order valence-electron chi connectivity index (χ2n) is 4.25. The van der Waals surface area contributed by atoms with E-state index in [1.54, 1.807) is 6.92 Å². The van der Waals surface area contributed by atoms with Gasteiger partial charge in [0.1, 0.15) is 5.25 Å². The summed E-state index contributed by atoms with van der Waals surface area (Å²) in [5.41, 5.74) is 0. The number of amides is 1. The summed E-state index contributed by atoms with van der Waals surface area (Å²) in [6, 6.07) is 0. The molecule has 6 nitrogen and oxygen atoms in total. The van der Waals surface area contributed by atoms with Crippen molar-refractivity contribution in [2.45, 2.75) is 31.9 Å². The maximum Gasteiger partial charge on any atom is 0.303 e. The van der Waals surface area contributed by atoms with Gasteiger partial charge in [-0.25, -0.2) is 8.42 Å². The van der Waals surface area contributed by atoms with Crippen LogP contribution in [-0.2, 0) is 19.4 Å². The van der Waals surface area contributed by atoms with Gasteiger partial charge in [0, 0.05) is 19.2 Å². The number of carboxylic acids is 1. The number of hydrogen-bond acceptors (Lipinski definition) is 4. The van der Waals surface area contributed by atoms with Crippen LogP contribution in [0, 0.1) is 5.92 Å². The Morgan fingerprint density at radius 1 is 1.29 bits per heavy atom. The number of rotatable bonds is 7. The molecule has 2 unspecified atom stereocenters. The molecule has 0 radical (unpaired) electrons. The van der Waals surface area contributed by atoms with Crippen LogP contribution in [0.3, 0.4) is 0 Å². The molecule has 0 spiro atoms. The van der Waals surface area contributed by atoms with Crippen LogP contribution >= 0.6 is 0 Å². The van der Waals surface area contributed by atoms with E-state index in [2.05, 4.69) is 5.32 Å². The summed E-state index contributed by atoms with van der Waals surface area (Å²) >= 11 is 0. The molecular formula is C10H19NO5S. The smallest absolute Gasteiger partial charge is 0.303 e. The van der Waals surface area contributed by atoms with E-state index in [4.69, 9.17) is 5.11 Å². The summed E-state index contributed by atoms with van der Waals surface area (Å²) in [4.78, 5) is 21.7. The van der Waals surface area contributed by atoms with Gasteiger partial charge in [-0.3, -0.25) is 9.59 Å². The van der Waals surface area contributed by atoms with Crippen molar-refractivity contribution in [3.8, 4) is 0 Å². The van der Waals surface area contributed by atoms with Crippen molar-refractivity contribution in [3.05, 3.63) is 0 Å². The Hall–Kier alpha value is -1.11. The minimum Gasteiger partial charge on any atom is -0.481 e. The quantitative estimate of drug-likeness (QED) is 0.676. The summed E-state index contributed by atoms with van der Waals surface area (Å²) < 4.78 is 22.2. The van der Waals surface area contributed by atoms with Gasteiger partial charge in [-0.05, 0) is 19.3 Å². The molecule has 2 atom stereocenters. The molecule has 0 bridgehead atoms. The first kappa shape index (κ1) is 15.9. The van der Waals surface area contributed by atoms with Crippen molar-refractivity contribution >= 4 is 21.7 Å². The molecule has 0 aliphatic heterocycles. The number of hydrogen-bond donors (Lipinski definition) is 2. The first-order valence-electron chi connectivity index (χ1n) is 5.33. The number of carbonyl (C=O) groups excluding carboxylic acids is 1. The minimum atomic E-state index is -3.38. The van der Waals surface area contributed by atoms with Crippen LogP contribution in [0.4, 0.5) is 0 Å². The van der Waals surface area contributed by atoms with Crippen LogP contribution in [0.25, 0.3) is 0 Å². The summed E-state index contributed by atoms with van der Waals surface area (Å²) in [5, 5.41) is 9.89. The predicted molar refractivity (Wildman–Crippen MR) is 63.3 cm³/mol. The molecule has 1 amide bonds. The van der Waals surface area contributed by atoms with Crippen LogP contribution in [0.15, 0.2) is 0 Å². The molecule has 0 saturated carbocycles. The Morgan fingerprint density at radius 2 is 1.82 bits per heavy atom. The van der Waals surface area contributed by atoms with Gasteiger partial charge in [0.2, 0.25) is 5.91 Å². The fraction of sp³-hybridized carbons (Fsp3) is 0.800. The fourth-order valence-corrected chi connectivity index (χ4v) is 1.56. The van der Waals surface area contributed by atoms with E-state index >= 15 is 0 Å². The van der Waals surface area contributed by atoms with Gasteiger partial charge < -0.3 is 10.4 Å². The highest BCUT2D eigenvalue weighted by molar-refractivity contribution is 7.92. The van der Waals surface area contributed by atoms with E-state index in [0.29, 0.717) is 6.42 Å². The highest BCUT2D eigenvalue weighted by Crippen LogP contribution is 2.05. The normalized spacial score (nSPS) is 15.0. The molecule has 2 N–H and O–H groups in total. The first-order valence-corrected chi connectivity index (χ1v) is 7.28. The lowest BCUT2D eigenvalue weighted by Gasteiger charge is -2.14. The maximum atomic E-state index is 11.4. The summed E-state index contributed by atoms with van der Waals surface area (Å²) in [5.74, 6) is -1.43. The average Bonchev–Trinajstić information content (AvgIpc) is 2.20. The summed E-state index contributed by atoms with van der Waals surface area (Å²) in [7, 11) is -3.38. The van der Waals surface area contributed by atoms with Crippen molar-refractivity contribution in [3.63, 3.8) is 0 Å². The monoisotopic (exact) mass is 265 g/mol. The highest BCUT2D eigenvalue weighted by atomic mass is 32.2. The lowest BCUT2D eigenvalue weighted by molar-refractivity contribution is -0.137. The highest BCUT2D eigenvalue weighted by Gasteiger charge is 2.23. The third-order valence-electron chi connectivity index (χ3n) is 2.49. The van der Waals surface area contributed by atoms with E-state index in [-0.39, 0.29) is 18.9 Å². The molecule has 0 saturated heterocycles. The van der Waals surface area contributed by atoms with Gasteiger partial charge in [-0.1, -0.05) is 6.92 Å². The van der Waals surface area contributed by atoms with Crippen molar-refractivity contribution in [1.82, 2.24) is 5.32 Å². The Labute approximate surface area is 101 Å². The Balaban J connectivity index is 4.04. The van der Waals surface area contributed by atoms with Gasteiger partial charge >= 0.3 is 5.97 Å². The van der Waals surface area contributed by atoms with E-state index in [1.807, 2.05) is 0 Å². The first-order chi connectivity index (χ1) is 7.64. The maximum absolute atomic E-state index is 11.4. The number of sulfone groups is 1. The zero-order chi connectivity index (χ0) is 13.6. The lowest BCUT2D eigenvalue weighted by Crippen LogP contribution is -2.39. The van der Waals surface area contributed by atoms with Crippen molar-refractivity contribution < 1.29 is 23.1 Å². The van der Waals surface area contributed by atoms with E-state index in [0.717, 1.165) is 6.26 Å². The minimum absolute atomic E-state index is 0.00168. The standard InChI is InChI=1S/C10H19NO5S/c1-7(4-5-9(12)13)6-11-10(14)8(2)17(3,15)16/h7-8H,4-6H2,1-3H3,(H,11,14)(H,12,13). The molecule has 0 aromatic rings. The van der Waals surface area contributed by atoms with Gasteiger partial charge in [0.05, 0.1) is 0 Å². The molecule has 0 heterocycles. The van der Waals surface area contributed by atoms with Crippen LogP contribution in [0.5, 0.6) is 0 Å². The molecule has 0 rings (SSSR count). The largest absolute Gasteiger partial charge is 0.481 e. The summed E-state index contributed by atoms with van der Waals surface area (Å²) in [6.45, 7) is 3.41. The van der Waals surface area contributed by atoms with E-state index in [9.17, 15) is 18.0 Å². The molecule has 0 aliphatic rings. The predicted octanol–water partition coefficient (Wildman–Crippen LogP) is 0.0366. The SMILES string of the molecule is CC(CCC(=O)O)CNC(=O)C(C)S(C)(=O)=O. The molecule has 0 aliphatic carbocycles. The molecule has 0 aromatic carbocycles. The second-order valence-corrected chi connectivity index (χ2v) is 6.62. The molecule has 0 fully saturated rings. The van der Waals surface area contributed by atoms with E-state index < -0.39 is 27.0 Å². The Bertz CT molecular complexity index is 376. The molecular weight excluding hydrogens is 246 g/mol. The summed E-state index contributed by atoms with van der Waals surface area (Å²) in [6.07, 6.45) is 1.49. The van der Waals surface area contributed by atoms with Gasteiger partial charge in [-0.15, -0.1) is 0 Å². The van der Waals surface area contributed by atoms with Crippen molar-refractivity contribution in [2.24, 2.45) is 5.92 Å². The third-order valence-corrected chi connectivity index (χ3v) is 3.99. The zero-order valence-electron chi connectivity index (χ0n) is 10.3. The number of aliphatic carboxylic acids is 1. The van der Waals surface area contributed by atoms with Crippen LogP contribution < -0.4 is 5.32 Å². The Morgan fingerprint density at radius 3 is 2.24 bits per heavy atom. The Kier molecular flexibility index (Phi) is 6.15. The molecule has 100 valence electrons. The topological polar surface area (TPSA) is 101 Å². The van der Waals surface area contributed by atoms with Crippen LogP contribution in [0.2, 0.25) is 0 Å². The average molecular weight is 265 g/mol. The van der Waals surface area contributed by atoms with Gasteiger partial charge in [0.25, 0.3) is 0 Å². The van der Waals surface area contributed by atoms with Crippen LogP contribution in [-0.4, -0.2) is 43.5 Å². The lowest BCUT2D eigenvalue weighted by atomic mass is 10.1. The van der Waals surface area contributed by atoms with Gasteiger partial charge in [-0.2, -0.15) is 0 Å². The number of nitrogens with one attached hydrogen (secondary N) is 1. The molecule has 17 heavy (non-hydrogen) atoms. The zero-order valence-corrected chi connectivity index (χ0v) is 11.1. The third kappa shape index (κ3) is 6.93. The van der Waals surface area contributed by atoms with Crippen molar-refractivity contribution in [1.29, 1.82) is 0 Å². The number of carboxylic acid groups (broad SMARTS) is 1. The van der Waals surface area contributed by atoms with Crippen molar-refractivity contribution in [2.75, 3.05) is 12.8 Å². The fourth-order valence-electron chi connectivity index (χ4n) is 1.08. The number of carbonyl (C=O) groups is 2. The second kappa shape index (κ2) is 6.58. The molecule has 0 aromatic heterocycles. The van der Waals surface area contributed by atoms with Gasteiger partial charge in [0.15, 0.2) is 9.84 Å². The van der Waals surface area contributed by atoms with E-state index in [1.165, 1.54) is 6.92 Å².